The normalized spacial score (nSPS) is 10.8. The van der Waals surface area contributed by atoms with Crippen LogP contribution in [0, 0.1) is 0 Å². The number of carboxylic acids is 1. The molecule has 6 nitrogen and oxygen atoms in total. The predicted octanol–water partition coefficient (Wildman–Crippen LogP) is 5.25. The predicted molar refractivity (Wildman–Crippen MR) is 118 cm³/mol. The van der Waals surface area contributed by atoms with Crippen molar-refractivity contribution in [3.05, 3.63) is 0 Å². The van der Waals surface area contributed by atoms with E-state index in [1.54, 1.807) is 0 Å². The summed E-state index contributed by atoms with van der Waals surface area (Å²) in [6.45, 7) is 2.74. The first-order chi connectivity index (χ1) is 14.1. The van der Waals surface area contributed by atoms with Crippen LogP contribution in [0.4, 0.5) is 0 Å². The summed E-state index contributed by atoms with van der Waals surface area (Å²) < 4.78 is 0. The summed E-state index contributed by atoms with van der Waals surface area (Å²) in [4.78, 5) is 33.0. The van der Waals surface area contributed by atoms with Crippen LogP contribution in [-0.4, -0.2) is 41.4 Å². The van der Waals surface area contributed by atoms with Crippen LogP contribution < -0.4 is 5.43 Å². The minimum absolute atomic E-state index is 0.00293. The molecule has 0 saturated heterocycles. The number of hydrogen-bond acceptors (Lipinski definition) is 4. The lowest BCUT2D eigenvalue weighted by molar-refractivity contribution is -0.139. The number of aldehydes is 1. The maximum absolute atomic E-state index is 12.2. The van der Waals surface area contributed by atoms with Gasteiger partial charge in [-0.3, -0.25) is 14.6 Å². The van der Waals surface area contributed by atoms with E-state index in [-0.39, 0.29) is 18.9 Å². The van der Waals surface area contributed by atoms with Crippen molar-refractivity contribution in [2.24, 2.45) is 0 Å². The maximum Gasteiger partial charge on any atom is 0.305 e. The number of hydrazine groups is 1. The number of aliphatic carboxylic acids is 1. The summed E-state index contributed by atoms with van der Waals surface area (Å²) >= 11 is 0. The molecule has 0 aromatic carbocycles. The van der Waals surface area contributed by atoms with E-state index in [4.69, 9.17) is 5.11 Å². The summed E-state index contributed by atoms with van der Waals surface area (Å²) in [6, 6.07) is 0. The molecule has 170 valence electrons. The van der Waals surface area contributed by atoms with Gasteiger partial charge < -0.3 is 9.90 Å². The highest BCUT2D eigenvalue weighted by Crippen LogP contribution is 2.13. The molecule has 0 saturated carbocycles. The standard InChI is InChI=1S/C23H44N2O4/c1-2-24-25(20-19-23(28)29)22(27)18-16-14-12-10-8-6-4-3-5-7-9-11-13-15-17-21-26/h21,24H,2-20H2,1H3,(H,28,29). The van der Waals surface area contributed by atoms with E-state index in [9.17, 15) is 14.4 Å². The molecule has 0 heterocycles. The number of carboxylic acid groups (broad SMARTS) is 1. The van der Waals surface area contributed by atoms with Crippen LogP contribution in [0.15, 0.2) is 0 Å². The van der Waals surface area contributed by atoms with Crippen molar-refractivity contribution in [3.8, 4) is 0 Å². The van der Waals surface area contributed by atoms with E-state index in [2.05, 4.69) is 5.43 Å². The molecule has 1 amide bonds. The molecule has 0 atom stereocenters. The molecule has 0 unspecified atom stereocenters. The fraction of sp³-hybridized carbons (Fsp3) is 0.870. The maximum atomic E-state index is 12.2. The largest absolute Gasteiger partial charge is 0.481 e. The molecule has 0 aromatic rings. The number of rotatable bonds is 22. The first-order valence-corrected chi connectivity index (χ1v) is 11.8. The van der Waals surface area contributed by atoms with Crippen molar-refractivity contribution >= 4 is 18.2 Å². The Morgan fingerprint density at radius 2 is 1.21 bits per heavy atom. The van der Waals surface area contributed by atoms with Crippen LogP contribution in [0.25, 0.3) is 0 Å². The first-order valence-electron chi connectivity index (χ1n) is 11.8. The van der Waals surface area contributed by atoms with Gasteiger partial charge in [0.05, 0.1) is 6.42 Å². The van der Waals surface area contributed by atoms with Gasteiger partial charge in [0, 0.05) is 25.9 Å². The minimum atomic E-state index is -0.883. The van der Waals surface area contributed by atoms with Crippen LogP contribution in [0.2, 0.25) is 0 Å². The lowest BCUT2D eigenvalue weighted by Crippen LogP contribution is -2.43. The third-order valence-electron chi connectivity index (χ3n) is 5.16. The lowest BCUT2D eigenvalue weighted by atomic mass is 10.0. The average Bonchev–Trinajstić information content (AvgIpc) is 2.70. The van der Waals surface area contributed by atoms with Gasteiger partial charge >= 0.3 is 5.97 Å². The zero-order valence-corrected chi connectivity index (χ0v) is 18.6. The van der Waals surface area contributed by atoms with Crippen LogP contribution in [-0.2, 0) is 14.4 Å². The Balaban J connectivity index is 3.42. The van der Waals surface area contributed by atoms with Crippen molar-refractivity contribution < 1.29 is 19.5 Å². The highest BCUT2D eigenvalue weighted by molar-refractivity contribution is 5.76. The van der Waals surface area contributed by atoms with Crippen LogP contribution in [0.3, 0.4) is 0 Å². The summed E-state index contributed by atoms with van der Waals surface area (Å²) in [6.07, 6.45) is 19.3. The van der Waals surface area contributed by atoms with Gasteiger partial charge in [0.2, 0.25) is 5.91 Å². The SMILES string of the molecule is CCNN(CCC(=O)O)C(=O)CCCCCCCCCCCCCCCCC=O. The van der Waals surface area contributed by atoms with E-state index in [0.29, 0.717) is 13.0 Å². The molecule has 0 fully saturated rings. The molecule has 0 aliphatic carbocycles. The Hall–Kier alpha value is -1.43. The van der Waals surface area contributed by atoms with Crippen molar-refractivity contribution in [1.29, 1.82) is 0 Å². The molecule has 0 aliphatic heterocycles. The topological polar surface area (TPSA) is 86.7 Å². The monoisotopic (exact) mass is 412 g/mol. The number of carbonyl (C=O) groups is 3. The van der Waals surface area contributed by atoms with Crippen molar-refractivity contribution in [1.82, 2.24) is 10.4 Å². The highest BCUT2D eigenvalue weighted by Gasteiger charge is 2.13. The first kappa shape index (κ1) is 27.6. The molecular weight excluding hydrogens is 368 g/mol. The fourth-order valence-corrected chi connectivity index (χ4v) is 3.45. The number of carbonyl (C=O) groups excluding carboxylic acids is 2. The summed E-state index contributed by atoms with van der Waals surface area (Å²) in [5, 5.41) is 10.2. The molecule has 0 aliphatic rings. The average molecular weight is 413 g/mol. The van der Waals surface area contributed by atoms with Crippen molar-refractivity contribution in [2.75, 3.05) is 13.1 Å². The van der Waals surface area contributed by atoms with E-state index in [1.807, 2.05) is 6.92 Å². The second kappa shape index (κ2) is 21.3. The van der Waals surface area contributed by atoms with Gasteiger partial charge in [-0.05, 0) is 12.8 Å². The minimum Gasteiger partial charge on any atom is -0.481 e. The van der Waals surface area contributed by atoms with Gasteiger partial charge in [0.1, 0.15) is 6.29 Å². The smallest absolute Gasteiger partial charge is 0.305 e. The fourth-order valence-electron chi connectivity index (χ4n) is 3.45. The Morgan fingerprint density at radius 3 is 1.62 bits per heavy atom. The molecule has 6 heteroatoms. The molecule has 2 N–H and O–H groups in total. The molecular formula is C23H44N2O4. The van der Waals surface area contributed by atoms with Gasteiger partial charge in [-0.25, -0.2) is 5.43 Å². The zero-order chi connectivity index (χ0) is 21.6. The highest BCUT2D eigenvalue weighted by atomic mass is 16.4. The number of hydrogen-bond donors (Lipinski definition) is 2. The van der Waals surface area contributed by atoms with Gasteiger partial charge in [0.15, 0.2) is 0 Å². The Morgan fingerprint density at radius 1 is 0.759 bits per heavy atom. The molecule has 0 spiro atoms. The number of amides is 1. The third kappa shape index (κ3) is 19.7. The second-order valence-electron chi connectivity index (χ2n) is 7.86. The lowest BCUT2D eigenvalue weighted by Gasteiger charge is -2.22. The third-order valence-corrected chi connectivity index (χ3v) is 5.16. The van der Waals surface area contributed by atoms with E-state index in [0.717, 1.165) is 32.0 Å². The van der Waals surface area contributed by atoms with Crippen molar-refractivity contribution in [2.45, 2.75) is 116 Å². The molecule has 0 radical (unpaired) electrons. The number of unbranched alkanes of at least 4 members (excludes halogenated alkanes) is 14. The molecule has 0 bridgehead atoms. The Labute approximate surface area is 177 Å². The van der Waals surface area contributed by atoms with E-state index >= 15 is 0 Å². The second-order valence-corrected chi connectivity index (χ2v) is 7.86. The van der Waals surface area contributed by atoms with Crippen molar-refractivity contribution in [3.63, 3.8) is 0 Å². The molecule has 0 rings (SSSR count). The summed E-state index contributed by atoms with van der Waals surface area (Å²) in [5.74, 6) is -0.886. The van der Waals surface area contributed by atoms with Gasteiger partial charge in [-0.2, -0.15) is 0 Å². The van der Waals surface area contributed by atoms with Crippen LogP contribution in [0.1, 0.15) is 116 Å². The molecule has 0 aromatic heterocycles. The van der Waals surface area contributed by atoms with E-state index in [1.165, 1.54) is 75.6 Å². The van der Waals surface area contributed by atoms with E-state index < -0.39 is 5.97 Å². The van der Waals surface area contributed by atoms with Gasteiger partial charge in [0.25, 0.3) is 0 Å². The van der Waals surface area contributed by atoms with Crippen LogP contribution >= 0.6 is 0 Å². The zero-order valence-electron chi connectivity index (χ0n) is 18.6. The summed E-state index contributed by atoms with van der Waals surface area (Å²) in [5.41, 5.74) is 2.95. The summed E-state index contributed by atoms with van der Waals surface area (Å²) in [7, 11) is 0. The number of nitrogens with one attached hydrogen (secondary N) is 1. The number of nitrogens with zero attached hydrogens (tertiary/aromatic N) is 1. The van der Waals surface area contributed by atoms with Gasteiger partial charge in [-0.1, -0.05) is 84.0 Å². The molecule has 29 heavy (non-hydrogen) atoms. The quantitative estimate of drug-likeness (QED) is 0.144. The Kier molecular flexibility index (Phi) is 20.2. The van der Waals surface area contributed by atoms with Crippen LogP contribution in [0.5, 0.6) is 0 Å². The Bertz CT molecular complexity index is 416. The van der Waals surface area contributed by atoms with Gasteiger partial charge in [-0.15, -0.1) is 0 Å².